The summed E-state index contributed by atoms with van der Waals surface area (Å²) in [5, 5.41) is 12.3. The number of halogens is 1. The van der Waals surface area contributed by atoms with E-state index in [2.05, 4.69) is 5.32 Å². The second-order valence-electron chi connectivity index (χ2n) is 6.20. The Labute approximate surface area is 126 Å². The average Bonchev–Trinajstić information content (AvgIpc) is 2.34. The van der Waals surface area contributed by atoms with Gasteiger partial charge < -0.3 is 10.4 Å². The maximum atomic E-state index is 13.9. The van der Waals surface area contributed by atoms with Gasteiger partial charge in [-0.2, -0.15) is 0 Å². The summed E-state index contributed by atoms with van der Waals surface area (Å²) in [5.74, 6) is -0.724. The van der Waals surface area contributed by atoms with E-state index in [4.69, 9.17) is 5.11 Å². The lowest BCUT2D eigenvalue weighted by Gasteiger charge is -2.26. The molecule has 0 heterocycles. The molecule has 1 aromatic carbocycles. The van der Waals surface area contributed by atoms with Gasteiger partial charge in [-0.15, -0.1) is 0 Å². The van der Waals surface area contributed by atoms with Gasteiger partial charge in [-0.25, -0.2) is 12.8 Å². The SMILES string of the molecule is CC(NCC(C)(C)CCO)c1ccc(S(C)(=O)=O)c(F)c1. The molecule has 2 N–H and O–H groups in total. The molecule has 0 amide bonds. The fraction of sp³-hybridized carbons (Fsp3) is 0.600. The van der Waals surface area contributed by atoms with Crippen LogP contribution < -0.4 is 5.32 Å². The van der Waals surface area contributed by atoms with Gasteiger partial charge in [-0.05, 0) is 36.5 Å². The van der Waals surface area contributed by atoms with E-state index < -0.39 is 15.7 Å². The number of aliphatic hydroxyl groups excluding tert-OH is 1. The van der Waals surface area contributed by atoms with Crippen molar-refractivity contribution < 1.29 is 17.9 Å². The van der Waals surface area contributed by atoms with E-state index in [1.807, 2.05) is 20.8 Å². The van der Waals surface area contributed by atoms with Gasteiger partial charge >= 0.3 is 0 Å². The topological polar surface area (TPSA) is 66.4 Å². The first-order valence-electron chi connectivity index (χ1n) is 6.90. The number of nitrogens with one attached hydrogen (secondary N) is 1. The molecule has 0 saturated heterocycles. The molecule has 1 unspecified atom stereocenters. The summed E-state index contributed by atoms with van der Waals surface area (Å²) in [6.07, 6.45) is 1.66. The minimum absolute atomic E-state index is 0.0613. The second kappa shape index (κ2) is 6.85. The lowest BCUT2D eigenvalue weighted by molar-refractivity contribution is 0.203. The Kier molecular flexibility index (Phi) is 5.90. The molecule has 0 fully saturated rings. The number of sulfone groups is 1. The Morgan fingerprint density at radius 1 is 1.38 bits per heavy atom. The van der Waals surface area contributed by atoms with E-state index in [1.54, 1.807) is 6.07 Å². The first-order chi connectivity index (χ1) is 9.57. The third-order valence-electron chi connectivity index (χ3n) is 3.53. The molecule has 0 aliphatic rings. The van der Waals surface area contributed by atoms with Crippen LogP contribution in [0.4, 0.5) is 4.39 Å². The van der Waals surface area contributed by atoms with E-state index in [1.165, 1.54) is 12.1 Å². The quantitative estimate of drug-likeness (QED) is 0.810. The summed E-state index contributed by atoms with van der Waals surface area (Å²) in [5.41, 5.74) is 0.633. The van der Waals surface area contributed by atoms with Crippen LogP contribution in [0.2, 0.25) is 0 Å². The Morgan fingerprint density at radius 2 is 2.00 bits per heavy atom. The Bertz CT molecular complexity index is 585. The Morgan fingerprint density at radius 3 is 2.48 bits per heavy atom. The Balaban J connectivity index is 2.81. The van der Waals surface area contributed by atoms with Gasteiger partial charge in [0.05, 0.1) is 0 Å². The summed E-state index contributed by atoms with van der Waals surface area (Å²) < 4.78 is 36.6. The molecule has 21 heavy (non-hydrogen) atoms. The van der Waals surface area contributed by atoms with E-state index in [-0.39, 0.29) is 23.0 Å². The highest BCUT2D eigenvalue weighted by Crippen LogP contribution is 2.23. The van der Waals surface area contributed by atoms with Crippen molar-refractivity contribution in [2.75, 3.05) is 19.4 Å². The minimum Gasteiger partial charge on any atom is -0.396 e. The van der Waals surface area contributed by atoms with Gasteiger partial charge in [0.1, 0.15) is 10.7 Å². The first kappa shape index (κ1) is 18.1. The zero-order valence-electron chi connectivity index (χ0n) is 13.0. The molecule has 0 aromatic heterocycles. The number of rotatable bonds is 7. The minimum atomic E-state index is -3.54. The van der Waals surface area contributed by atoms with Crippen LogP contribution in [0.25, 0.3) is 0 Å². The van der Waals surface area contributed by atoms with E-state index in [0.29, 0.717) is 18.5 Å². The monoisotopic (exact) mass is 317 g/mol. The van der Waals surface area contributed by atoms with Crippen molar-refractivity contribution >= 4 is 9.84 Å². The van der Waals surface area contributed by atoms with Gasteiger partial charge in [0.15, 0.2) is 9.84 Å². The highest BCUT2D eigenvalue weighted by molar-refractivity contribution is 7.90. The molecule has 120 valence electrons. The van der Waals surface area contributed by atoms with Crippen molar-refractivity contribution in [3.8, 4) is 0 Å². The zero-order chi connectivity index (χ0) is 16.3. The Hall–Kier alpha value is -0.980. The molecule has 1 aromatic rings. The molecule has 0 bridgehead atoms. The fourth-order valence-corrected chi connectivity index (χ4v) is 2.75. The molecular weight excluding hydrogens is 293 g/mol. The fourth-order valence-electron chi connectivity index (χ4n) is 2.03. The van der Waals surface area contributed by atoms with Crippen LogP contribution in [0.3, 0.4) is 0 Å². The van der Waals surface area contributed by atoms with Crippen LogP contribution in [0.5, 0.6) is 0 Å². The van der Waals surface area contributed by atoms with E-state index in [9.17, 15) is 12.8 Å². The van der Waals surface area contributed by atoms with E-state index >= 15 is 0 Å². The largest absolute Gasteiger partial charge is 0.396 e. The van der Waals surface area contributed by atoms with Crippen LogP contribution in [0, 0.1) is 11.2 Å². The van der Waals surface area contributed by atoms with Crippen molar-refractivity contribution in [3.05, 3.63) is 29.6 Å². The molecule has 4 nitrogen and oxygen atoms in total. The maximum Gasteiger partial charge on any atom is 0.178 e. The highest BCUT2D eigenvalue weighted by Gasteiger charge is 2.19. The highest BCUT2D eigenvalue weighted by atomic mass is 32.2. The van der Waals surface area contributed by atoms with Gasteiger partial charge in [0.2, 0.25) is 0 Å². The van der Waals surface area contributed by atoms with Crippen LogP contribution >= 0.6 is 0 Å². The summed E-state index contributed by atoms with van der Waals surface area (Å²) in [7, 11) is -3.54. The molecular formula is C15H24FNO3S. The lowest BCUT2D eigenvalue weighted by atomic mass is 9.89. The van der Waals surface area contributed by atoms with Crippen LogP contribution in [0.15, 0.2) is 23.1 Å². The third kappa shape index (κ3) is 5.37. The summed E-state index contributed by atoms with van der Waals surface area (Å²) in [6.45, 7) is 6.77. The molecule has 1 rings (SSSR count). The normalized spacial score (nSPS) is 14.2. The van der Waals surface area contributed by atoms with Gasteiger partial charge in [-0.1, -0.05) is 19.9 Å². The number of aliphatic hydroxyl groups is 1. The van der Waals surface area contributed by atoms with Crippen LogP contribution in [0.1, 0.15) is 38.8 Å². The predicted molar refractivity (Wildman–Crippen MR) is 81.4 cm³/mol. The predicted octanol–water partition coefficient (Wildman–Crippen LogP) is 2.29. The average molecular weight is 317 g/mol. The number of hydrogen-bond donors (Lipinski definition) is 2. The van der Waals surface area contributed by atoms with Gasteiger partial charge in [0.25, 0.3) is 0 Å². The number of benzene rings is 1. The maximum absolute atomic E-state index is 13.9. The smallest absolute Gasteiger partial charge is 0.178 e. The standard InChI is InChI=1S/C15H24FNO3S/c1-11(17-10-15(2,3)7-8-18)12-5-6-14(13(16)9-12)21(4,19)20/h5-6,9,11,17-18H,7-8,10H2,1-4H3. The lowest BCUT2D eigenvalue weighted by Crippen LogP contribution is -2.32. The molecule has 1 atom stereocenters. The summed E-state index contributed by atoms with van der Waals surface area (Å²) in [6, 6.07) is 4.08. The molecule has 0 aliphatic carbocycles. The van der Waals surface area contributed by atoms with Crippen LogP contribution in [-0.4, -0.2) is 32.9 Å². The third-order valence-corrected chi connectivity index (χ3v) is 4.66. The second-order valence-corrected chi connectivity index (χ2v) is 8.19. The number of hydrogen-bond acceptors (Lipinski definition) is 4. The van der Waals surface area contributed by atoms with Gasteiger partial charge in [-0.3, -0.25) is 0 Å². The zero-order valence-corrected chi connectivity index (χ0v) is 13.8. The van der Waals surface area contributed by atoms with Crippen molar-refractivity contribution in [1.29, 1.82) is 0 Å². The van der Waals surface area contributed by atoms with E-state index in [0.717, 1.165) is 6.26 Å². The van der Waals surface area contributed by atoms with Crippen LogP contribution in [-0.2, 0) is 9.84 Å². The molecule has 0 saturated carbocycles. The molecule has 6 heteroatoms. The molecule has 0 radical (unpaired) electrons. The van der Waals surface area contributed by atoms with Crippen molar-refractivity contribution in [3.63, 3.8) is 0 Å². The summed E-state index contributed by atoms with van der Waals surface area (Å²) >= 11 is 0. The van der Waals surface area contributed by atoms with Crippen molar-refractivity contribution in [2.24, 2.45) is 5.41 Å². The van der Waals surface area contributed by atoms with Crippen molar-refractivity contribution in [2.45, 2.75) is 38.1 Å². The molecule has 0 spiro atoms. The molecule has 0 aliphatic heterocycles. The first-order valence-corrected chi connectivity index (χ1v) is 8.80. The van der Waals surface area contributed by atoms with Gasteiger partial charge in [0, 0.05) is 25.4 Å². The van der Waals surface area contributed by atoms with Crippen molar-refractivity contribution in [1.82, 2.24) is 5.32 Å². The summed E-state index contributed by atoms with van der Waals surface area (Å²) in [4.78, 5) is -0.279.